The van der Waals surface area contributed by atoms with Gasteiger partial charge in [0.1, 0.15) is 0 Å². The molecule has 0 amide bonds. The summed E-state index contributed by atoms with van der Waals surface area (Å²) in [5, 5.41) is 8.49. The van der Waals surface area contributed by atoms with Crippen LogP contribution < -0.4 is 4.74 Å². The molecule has 0 fully saturated rings. The number of carboxylic acid groups (broad SMARTS) is 1. The zero-order valence-corrected chi connectivity index (χ0v) is 11.9. The third-order valence-electron chi connectivity index (χ3n) is 2.50. The van der Waals surface area contributed by atoms with E-state index in [0.29, 0.717) is 38.4 Å². The summed E-state index contributed by atoms with van der Waals surface area (Å²) in [4.78, 5) is 10.4. The Balaban J connectivity index is 2.34. The Morgan fingerprint density at radius 2 is 2.10 bits per heavy atom. The molecule has 0 aliphatic heterocycles. The van der Waals surface area contributed by atoms with Gasteiger partial charge in [-0.05, 0) is 23.8 Å². The molecular formula is C15H19FO5. The summed E-state index contributed by atoms with van der Waals surface area (Å²) in [5.74, 6) is -1.47. The maximum absolute atomic E-state index is 13.7. The number of hydrogen-bond donors (Lipinski definition) is 1. The van der Waals surface area contributed by atoms with Crippen molar-refractivity contribution in [2.45, 2.75) is 6.42 Å². The predicted molar refractivity (Wildman–Crippen MR) is 75.9 cm³/mol. The average molecular weight is 298 g/mol. The highest BCUT2D eigenvalue weighted by molar-refractivity contribution is 5.85. The molecule has 0 aromatic heterocycles. The molecule has 0 radical (unpaired) electrons. The summed E-state index contributed by atoms with van der Waals surface area (Å²) in [6.45, 7) is 1.93. The minimum atomic E-state index is -1.08. The van der Waals surface area contributed by atoms with Crippen LogP contribution in [-0.2, 0) is 14.3 Å². The van der Waals surface area contributed by atoms with Crippen molar-refractivity contribution in [2.24, 2.45) is 0 Å². The first-order valence-corrected chi connectivity index (χ1v) is 6.53. The number of benzene rings is 1. The Morgan fingerprint density at radius 3 is 2.76 bits per heavy atom. The van der Waals surface area contributed by atoms with E-state index in [0.717, 1.165) is 6.08 Å². The van der Waals surface area contributed by atoms with Crippen molar-refractivity contribution in [3.8, 4) is 5.75 Å². The highest BCUT2D eigenvalue weighted by Crippen LogP contribution is 2.19. The lowest BCUT2D eigenvalue weighted by Crippen LogP contribution is -2.07. The van der Waals surface area contributed by atoms with Crippen LogP contribution in [0.1, 0.15) is 12.0 Å². The first-order valence-electron chi connectivity index (χ1n) is 6.53. The van der Waals surface area contributed by atoms with Gasteiger partial charge in [0.25, 0.3) is 0 Å². The van der Waals surface area contributed by atoms with Gasteiger partial charge in [0.15, 0.2) is 11.6 Å². The Kier molecular flexibility index (Phi) is 8.08. The molecule has 0 aliphatic rings. The fourth-order valence-electron chi connectivity index (χ4n) is 1.49. The minimum Gasteiger partial charge on any atom is -0.490 e. The number of carboxylic acids is 1. The number of rotatable bonds is 10. The smallest absolute Gasteiger partial charge is 0.328 e. The fourth-order valence-corrected chi connectivity index (χ4v) is 1.49. The second-order valence-electron chi connectivity index (χ2n) is 4.17. The molecule has 0 saturated carbocycles. The number of halogens is 1. The van der Waals surface area contributed by atoms with Gasteiger partial charge in [-0.3, -0.25) is 0 Å². The van der Waals surface area contributed by atoms with E-state index in [4.69, 9.17) is 19.3 Å². The fraction of sp³-hybridized carbons (Fsp3) is 0.400. The largest absolute Gasteiger partial charge is 0.490 e. The van der Waals surface area contributed by atoms with Gasteiger partial charge < -0.3 is 19.3 Å². The monoisotopic (exact) mass is 298 g/mol. The van der Waals surface area contributed by atoms with Crippen LogP contribution in [0.25, 0.3) is 6.08 Å². The number of methoxy groups -OCH3 is 1. The maximum Gasteiger partial charge on any atom is 0.328 e. The molecule has 1 aromatic rings. The highest BCUT2D eigenvalue weighted by Gasteiger charge is 2.04. The summed E-state index contributed by atoms with van der Waals surface area (Å²) in [5.41, 5.74) is 0.463. The molecule has 0 heterocycles. The second kappa shape index (κ2) is 9.90. The first-order chi connectivity index (χ1) is 10.1. The van der Waals surface area contributed by atoms with Gasteiger partial charge >= 0.3 is 5.97 Å². The Bertz CT molecular complexity index is 473. The van der Waals surface area contributed by atoms with E-state index in [1.165, 1.54) is 18.2 Å². The third kappa shape index (κ3) is 7.43. The molecule has 1 rings (SSSR count). The molecule has 0 bridgehead atoms. The van der Waals surface area contributed by atoms with Gasteiger partial charge in [-0.15, -0.1) is 0 Å². The lowest BCUT2D eigenvalue weighted by Gasteiger charge is -2.08. The van der Waals surface area contributed by atoms with Crippen LogP contribution >= 0.6 is 0 Å². The topological polar surface area (TPSA) is 65.0 Å². The molecule has 0 unspecified atom stereocenters. The van der Waals surface area contributed by atoms with Gasteiger partial charge in [-0.2, -0.15) is 0 Å². The van der Waals surface area contributed by atoms with E-state index in [-0.39, 0.29) is 5.75 Å². The van der Waals surface area contributed by atoms with E-state index in [1.54, 1.807) is 13.2 Å². The maximum atomic E-state index is 13.7. The van der Waals surface area contributed by atoms with E-state index in [9.17, 15) is 9.18 Å². The van der Waals surface area contributed by atoms with Gasteiger partial charge in [0.05, 0.1) is 19.8 Å². The van der Waals surface area contributed by atoms with Crippen molar-refractivity contribution < 1.29 is 28.5 Å². The van der Waals surface area contributed by atoms with E-state index in [1.807, 2.05) is 0 Å². The van der Waals surface area contributed by atoms with Crippen molar-refractivity contribution in [1.82, 2.24) is 0 Å². The minimum absolute atomic E-state index is 0.138. The van der Waals surface area contributed by atoms with Crippen molar-refractivity contribution in [1.29, 1.82) is 0 Å². The summed E-state index contributed by atoms with van der Waals surface area (Å²) in [6.07, 6.45) is 2.91. The molecule has 0 aliphatic carbocycles. The molecular weight excluding hydrogens is 279 g/mol. The van der Waals surface area contributed by atoms with Crippen LogP contribution in [0.5, 0.6) is 5.75 Å². The normalized spacial score (nSPS) is 11.0. The van der Waals surface area contributed by atoms with Crippen molar-refractivity contribution in [3.63, 3.8) is 0 Å². The molecule has 21 heavy (non-hydrogen) atoms. The van der Waals surface area contributed by atoms with Gasteiger partial charge in [0.2, 0.25) is 0 Å². The first kappa shape index (κ1) is 17.1. The molecule has 0 saturated heterocycles. The lowest BCUT2D eigenvalue weighted by molar-refractivity contribution is -0.131. The van der Waals surface area contributed by atoms with E-state index < -0.39 is 11.8 Å². The molecule has 116 valence electrons. The molecule has 0 spiro atoms. The van der Waals surface area contributed by atoms with Crippen LogP contribution in [0.3, 0.4) is 0 Å². The third-order valence-corrected chi connectivity index (χ3v) is 2.50. The summed E-state index contributed by atoms with van der Waals surface area (Å²) in [7, 11) is 1.60. The number of aliphatic carboxylic acids is 1. The van der Waals surface area contributed by atoms with Crippen molar-refractivity contribution in [2.75, 3.05) is 33.5 Å². The number of hydrogen-bond acceptors (Lipinski definition) is 4. The van der Waals surface area contributed by atoms with Gasteiger partial charge in [0, 0.05) is 26.2 Å². The summed E-state index contributed by atoms with van der Waals surface area (Å²) in [6, 6.07) is 4.29. The Morgan fingerprint density at radius 1 is 1.29 bits per heavy atom. The van der Waals surface area contributed by atoms with Crippen LogP contribution in [-0.4, -0.2) is 44.6 Å². The highest BCUT2D eigenvalue weighted by atomic mass is 19.1. The van der Waals surface area contributed by atoms with Crippen molar-refractivity contribution >= 4 is 12.0 Å². The van der Waals surface area contributed by atoms with Crippen molar-refractivity contribution in [3.05, 3.63) is 35.7 Å². The molecule has 1 N–H and O–H groups in total. The molecule has 6 heteroatoms. The number of ether oxygens (including phenoxy) is 3. The van der Waals surface area contributed by atoms with Gasteiger partial charge in [-0.25, -0.2) is 9.18 Å². The quantitative estimate of drug-likeness (QED) is 0.530. The molecule has 5 nitrogen and oxygen atoms in total. The number of carbonyl (C=O) groups is 1. The standard InChI is InChI=1S/C15H19FO5/c1-19-9-10-20-7-2-8-21-14-5-3-12(11-13(14)16)4-6-15(17)18/h3-6,11H,2,7-10H2,1H3,(H,17,18)/b6-4+. The Hall–Kier alpha value is -1.92. The summed E-state index contributed by atoms with van der Waals surface area (Å²) >= 11 is 0. The predicted octanol–water partition coefficient (Wildman–Crippen LogP) is 2.36. The average Bonchev–Trinajstić information content (AvgIpc) is 2.46. The van der Waals surface area contributed by atoms with E-state index >= 15 is 0 Å². The summed E-state index contributed by atoms with van der Waals surface area (Å²) < 4.78 is 29.1. The van der Waals surface area contributed by atoms with Crippen LogP contribution in [0.2, 0.25) is 0 Å². The van der Waals surface area contributed by atoms with Crippen LogP contribution in [0.4, 0.5) is 4.39 Å². The second-order valence-corrected chi connectivity index (χ2v) is 4.17. The molecule has 0 atom stereocenters. The zero-order valence-electron chi connectivity index (χ0n) is 11.9. The van der Waals surface area contributed by atoms with E-state index in [2.05, 4.69) is 0 Å². The SMILES string of the molecule is COCCOCCCOc1ccc(/C=C/C(=O)O)cc1F. The zero-order chi connectivity index (χ0) is 15.5. The Labute approximate surface area is 122 Å². The van der Waals surface area contributed by atoms with Crippen LogP contribution in [0, 0.1) is 5.82 Å². The lowest BCUT2D eigenvalue weighted by atomic mass is 10.2. The van der Waals surface area contributed by atoms with Crippen LogP contribution in [0.15, 0.2) is 24.3 Å². The molecule has 1 aromatic carbocycles. The van der Waals surface area contributed by atoms with Gasteiger partial charge in [-0.1, -0.05) is 6.07 Å².